The summed E-state index contributed by atoms with van der Waals surface area (Å²) in [5.74, 6) is 0.0755. The van der Waals surface area contributed by atoms with Gasteiger partial charge in [0.2, 0.25) is 5.78 Å². The molecule has 4 aromatic rings. The number of benzene rings is 2. The van der Waals surface area contributed by atoms with Gasteiger partial charge in [0.25, 0.3) is 0 Å². The smallest absolute Gasteiger partial charge is 0.214 e. The number of hydrogen-bond donors (Lipinski definition) is 0. The lowest BCUT2D eigenvalue weighted by Crippen LogP contribution is -2.00. The number of carbonyl (C=O) groups is 1. The molecule has 2 aromatic carbocycles. The van der Waals surface area contributed by atoms with Crippen molar-refractivity contribution in [3.63, 3.8) is 0 Å². The molecule has 0 bridgehead atoms. The summed E-state index contributed by atoms with van der Waals surface area (Å²) in [7, 11) is 0. The predicted octanol–water partition coefficient (Wildman–Crippen LogP) is 7.90. The van der Waals surface area contributed by atoms with Crippen LogP contribution in [-0.4, -0.2) is 5.78 Å². The molecule has 5 heteroatoms. The molecule has 0 aliphatic carbocycles. The van der Waals surface area contributed by atoms with Crippen LogP contribution >= 0.6 is 54.5 Å². The van der Waals surface area contributed by atoms with Crippen molar-refractivity contribution >= 4 is 60.3 Å². The summed E-state index contributed by atoms with van der Waals surface area (Å²) in [4.78, 5) is 14.9. The molecule has 0 aliphatic heterocycles. The molecule has 0 fully saturated rings. The number of rotatable bonds is 4. The molecule has 26 heavy (non-hydrogen) atoms. The SMILES string of the molecule is O=C(c1sccc1-c1ccccc1Br)c1sccc1-c1ccccc1Br. The molecule has 0 radical (unpaired) electrons. The topological polar surface area (TPSA) is 17.1 Å². The van der Waals surface area contributed by atoms with Crippen molar-refractivity contribution in [3.05, 3.63) is 90.1 Å². The van der Waals surface area contributed by atoms with Gasteiger partial charge in [-0.2, -0.15) is 0 Å². The van der Waals surface area contributed by atoms with Crippen LogP contribution in [0.2, 0.25) is 0 Å². The average molecular weight is 504 g/mol. The molecule has 4 rings (SSSR count). The van der Waals surface area contributed by atoms with Crippen LogP contribution in [0.1, 0.15) is 14.5 Å². The first kappa shape index (κ1) is 17.9. The number of hydrogen-bond acceptors (Lipinski definition) is 3. The molecule has 0 spiro atoms. The van der Waals surface area contributed by atoms with Gasteiger partial charge in [-0.05, 0) is 46.2 Å². The second-order valence-electron chi connectivity index (χ2n) is 5.62. The molecule has 0 atom stereocenters. The molecule has 0 amide bonds. The van der Waals surface area contributed by atoms with Gasteiger partial charge in [0, 0.05) is 20.1 Å². The Morgan fingerprint density at radius 1 is 0.615 bits per heavy atom. The molecule has 2 aromatic heterocycles. The van der Waals surface area contributed by atoms with Gasteiger partial charge in [0.05, 0.1) is 9.75 Å². The van der Waals surface area contributed by atoms with Gasteiger partial charge < -0.3 is 0 Å². The first-order chi connectivity index (χ1) is 12.7. The monoisotopic (exact) mass is 502 g/mol. The Balaban J connectivity index is 1.81. The molecular weight excluding hydrogens is 492 g/mol. The van der Waals surface area contributed by atoms with E-state index >= 15 is 0 Å². The zero-order valence-corrected chi connectivity index (χ0v) is 18.2. The third-order valence-corrected chi connectivity index (χ3v) is 7.28. The normalized spacial score (nSPS) is 10.8. The van der Waals surface area contributed by atoms with E-state index in [0.29, 0.717) is 0 Å². The summed E-state index contributed by atoms with van der Waals surface area (Å²) in [6.07, 6.45) is 0. The highest BCUT2D eigenvalue weighted by Gasteiger charge is 2.22. The van der Waals surface area contributed by atoms with Crippen molar-refractivity contribution in [1.82, 2.24) is 0 Å². The second kappa shape index (κ2) is 7.61. The van der Waals surface area contributed by atoms with Crippen LogP contribution < -0.4 is 0 Å². The second-order valence-corrected chi connectivity index (χ2v) is 9.16. The molecule has 2 heterocycles. The van der Waals surface area contributed by atoms with Crippen LogP contribution in [0.25, 0.3) is 22.3 Å². The summed E-state index contributed by atoms with van der Waals surface area (Å²) in [6.45, 7) is 0. The van der Waals surface area contributed by atoms with E-state index in [0.717, 1.165) is 41.0 Å². The highest BCUT2D eigenvalue weighted by molar-refractivity contribution is 9.11. The van der Waals surface area contributed by atoms with Crippen LogP contribution in [0, 0.1) is 0 Å². The Kier molecular flexibility index (Phi) is 5.23. The third-order valence-electron chi connectivity index (χ3n) is 4.07. The van der Waals surface area contributed by atoms with E-state index in [2.05, 4.69) is 31.9 Å². The van der Waals surface area contributed by atoms with Gasteiger partial charge in [-0.25, -0.2) is 0 Å². The van der Waals surface area contributed by atoms with Crippen molar-refractivity contribution in [3.8, 4) is 22.3 Å². The first-order valence-electron chi connectivity index (χ1n) is 7.86. The Bertz CT molecular complexity index is 1010. The number of halogens is 2. The van der Waals surface area contributed by atoms with Crippen LogP contribution in [0.5, 0.6) is 0 Å². The van der Waals surface area contributed by atoms with E-state index in [1.807, 2.05) is 71.4 Å². The van der Waals surface area contributed by atoms with Crippen molar-refractivity contribution in [1.29, 1.82) is 0 Å². The Morgan fingerprint density at radius 3 is 1.46 bits per heavy atom. The number of ketones is 1. The van der Waals surface area contributed by atoms with E-state index in [1.165, 1.54) is 22.7 Å². The number of carbonyl (C=O) groups excluding carboxylic acids is 1. The fraction of sp³-hybridized carbons (Fsp3) is 0. The molecule has 128 valence electrons. The van der Waals surface area contributed by atoms with Gasteiger partial charge in [-0.15, -0.1) is 22.7 Å². The van der Waals surface area contributed by atoms with Gasteiger partial charge in [-0.1, -0.05) is 68.3 Å². The van der Waals surface area contributed by atoms with Gasteiger partial charge in [0.1, 0.15) is 0 Å². The van der Waals surface area contributed by atoms with Crippen LogP contribution in [0.15, 0.2) is 80.4 Å². The molecule has 0 saturated carbocycles. The van der Waals surface area contributed by atoms with E-state index in [4.69, 9.17) is 0 Å². The van der Waals surface area contributed by atoms with Crippen molar-refractivity contribution in [2.45, 2.75) is 0 Å². The summed E-state index contributed by atoms with van der Waals surface area (Å²) in [6, 6.07) is 20.0. The highest BCUT2D eigenvalue weighted by atomic mass is 79.9. The fourth-order valence-corrected chi connectivity index (χ4v) is 5.63. The molecule has 0 aliphatic rings. The Hall–Kier alpha value is -1.53. The van der Waals surface area contributed by atoms with Crippen LogP contribution in [0.3, 0.4) is 0 Å². The minimum absolute atomic E-state index is 0.0755. The first-order valence-corrected chi connectivity index (χ1v) is 11.2. The summed E-state index contributed by atoms with van der Waals surface area (Å²) < 4.78 is 1.98. The van der Waals surface area contributed by atoms with Crippen LogP contribution in [-0.2, 0) is 0 Å². The largest absolute Gasteiger partial charge is 0.287 e. The summed E-state index contributed by atoms with van der Waals surface area (Å²) >= 11 is 10.2. The lowest BCUT2D eigenvalue weighted by molar-refractivity contribution is 0.104. The average Bonchev–Trinajstić information content (AvgIpc) is 3.31. The molecule has 0 saturated heterocycles. The number of thiophene rings is 2. The lowest BCUT2D eigenvalue weighted by Gasteiger charge is -2.08. The van der Waals surface area contributed by atoms with E-state index in [9.17, 15) is 4.79 Å². The molecular formula is C21H12Br2OS2. The maximum absolute atomic E-state index is 13.4. The summed E-state index contributed by atoms with van der Waals surface area (Å²) in [5.41, 5.74) is 4.02. The van der Waals surface area contributed by atoms with Gasteiger partial charge >= 0.3 is 0 Å². The molecule has 0 unspecified atom stereocenters. The minimum Gasteiger partial charge on any atom is -0.287 e. The maximum Gasteiger partial charge on any atom is 0.214 e. The van der Waals surface area contributed by atoms with E-state index in [-0.39, 0.29) is 5.78 Å². The van der Waals surface area contributed by atoms with E-state index in [1.54, 1.807) is 0 Å². The fourth-order valence-electron chi connectivity index (χ4n) is 2.86. The third kappa shape index (κ3) is 3.25. The van der Waals surface area contributed by atoms with Crippen LogP contribution in [0.4, 0.5) is 0 Å². The Labute approximate surface area is 176 Å². The summed E-state index contributed by atoms with van der Waals surface area (Å²) in [5, 5.41) is 3.96. The highest BCUT2D eigenvalue weighted by Crippen LogP contribution is 2.39. The maximum atomic E-state index is 13.4. The predicted molar refractivity (Wildman–Crippen MR) is 118 cm³/mol. The van der Waals surface area contributed by atoms with Gasteiger partial charge in [-0.3, -0.25) is 4.79 Å². The quantitative estimate of drug-likeness (QED) is 0.258. The van der Waals surface area contributed by atoms with Crippen molar-refractivity contribution < 1.29 is 4.79 Å². The zero-order valence-electron chi connectivity index (χ0n) is 13.4. The Morgan fingerprint density at radius 2 is 1.04 bits per heavy atom. The lowest BCUT2D eigenvalue weighted by atomic mass is 10.0. The molecule has 0 N–H and O–H groups in total. The van der Waals surface area contributed by atoms with Crippen molar-refractivity contribution in [2.24, 2.45) is 0 Å². The van der Waals surface area contributed by atoms with E-state index < -0.39 is 0 Å². The van der Waals surface area contributed by atoms with Crippen molar-refractivity contribution in [2.75, 3.05) is 0 Å². The van der Waals surface area contributed by atoms with Gasteiger partial charge in [0.15, 0.2) is 0 Å². The zero-order chi connectivity index (χ0) is 18.1. The standard InChI is InChI=1S/C21H12Br2OS2/c22-17-7-3-1-5-13(17)15-9-11-25-20(15)19(24)21-16(10-12-26-21)14-6-2-4-8-18(14)23/h1-12H. The molecule has 1 nitrogen and oxygen atoms in total. The minimum atomic E-state index is 0.0755.